The number of ether oxygens (including phenoxy) is 1. The van der Waals surface area contributed by atoms with E-state index in [9.17, 15) is 70.2 Å². The van der Waals surface area contributed by atoms with Crippen LogP contribution in [0.15, 0.2) is 12.1 Å². The molecule has 0 N–H and O–H groups in total. The summed E-state index contributed by atoms with van der Waals surface area (Å²) in [7, 11) is 0. The third-order valence-electron chi connectivity index (χ3n) is 2.34. The Balaban J connectivity index is 6.68. The van der Waals surface area contributed by atoms with Gasteiger partial charge in [-0.2, -0.15) is 65.9 Å². The average molecular weight is 416 g/mol. The van der Waals surface area contributed by atoms with E-state index in [0.29, 0.717) is 0 Å². The first-order chi connectivity index (χ1) is 10.6. The number of halogens is 16. The van der Waals surface area contributed by atoms with Crippen LogP contribution in [0, 0.1) is 0 Å². The Morgan fingerprint density at radius 3 is 1.12 bits per heavy atom. The van der Waals surface area contributed by atoms with E-state index in [4.69, 9.17) is 0 Å². The predicted octanol–water partition coefficient (Wildman–Crippen LogP) is 5.73. The number of alkyl halides is 13. The monoisotopic (exact) mass is 416 g/mol. The molecule has 0 aromatic carbocycles. The summed E-state index contributed by atoms with van der Waals surface area (Å²) in [6.07, 6.45) is -27.5. The quantitative estimate of drug-likeness (QED) is 0.411. The molecule has 0 saturated heterocycles. The molecule has 1 nitrogen and oxygen atoms in total. The molecule has 0 aromatic heterocycles. The molecule has 0 saturated carbocycles. The van der Waals surface area contributed by atoms with Crippen LogP contribution in [0.5, 0.6) is 0 Å². The highest BCUT2D eigenvalue weighted by atomic mass is 19.4. The van der Waals surface area contributed by atoms with Crippen molar-refractivity contribution in [1.29, 1.82) is 0 Å². The Kier molecular flexibility index (Phi) is 5.62. The lowest BCUT2D eigenvalue weighted by molar-refractivity contribution is -0.470. The highest BCUT2D eigenvalue weighted by Crippen LogP contribution is 2.62. The lowest BCUT2D eigenvalue weighted by Crippen LogP contribution is -2.74. The van der Waals surface area contributed by atoms with Crippen molar-refractivity contribution < 1.29 is 75.0 Å². The SMILES string of the molecule is FC(F)=C(F)OC(F)(F)C(F)(C(F)(F)F)C(F)(F)C(F)(F)C(F)(F)F. The fourth-order valence-electron chi connectivity index (χ4n) is 1.14. The molecule has 0 bridgehead atoms. The highest BCUT2D eigenvalue weighted by molar-refractivity contribution is 5.13. The largest absolute Gasteiger partial charge is 0.460 e. The van der Waals surface area contributed by atoms with E-state index in [1.54, 1.807) is 4.74 Å². The number of rotatable bonds is 5. The zero-order valence-corrected chi connectivity index (χ0v) is 10.5. The molecule has 0 aliphatic heterocycles. The number of hydrogen-bond acceptors (Lipinski definition) is 1. The predicted molar refractivity (Wildman–Crippen MR) is 42.2 cm³/mol. The van der Waals surface area contributed by atoms with E-state index in [1.165, 1.54) is 0 Å². The van der Waals surface area contributed by atoms with Gasteiger partial charge >= 0.3 is 48.1 Å². The Morgan fingerprint density at radius 1 is 0.520 bits per heavy atom. The van der Waals surface area contributed by atoms with Gasteiger partial charge in [-0.1, -0.05) is 0 Å². The maximum atomic E-state index is 13.3. The summed E-state index contributed by atoms with van der Waals surface area (Å²) < 4.78 is 199. The van der Waals surface area contributed by atoms with Crippen molar-refractivity contribution in [3.63, 3.8) is 0 Å². The van der Waals surface area contributed by atoms with Crippen LogP contribution < -0.4 is 0 Å². The molecule has 17 heteroatoms. The lowest BCUT2D eigenvalue weighted by Gasteiger charge is -2.41. The molecule has 0 spiro atoms. The van der Waals surface area contributed by atoms with Crippen molar-refractivity contribution in [2.24, 2.45) is 0 Å². The van der Waals surface area contributed by atoms with Gasteiger partial charge in [0.1, 0.15) is 0 Å². The minimum Gasteiger partial charge on any atom is -0.399 e. The summed E-state index contributed by atoms with van der Waals surface area (Å²) in [5.74, 6) is -16.5. The van der Waals surface area contributed by atoms with Gasteiger partial charge in [-0.3, -0.25) is 0 Å². The molecule has 0 aliphatic carbocycles. The third kappa shape index (κ3) is 3.40. The van der Waals surface area contributed by atoms with Gasteiger partial charge < -0.3 is 4.74 Å². The van der Waals surface area contributed by atoms with Gasteiger partial charge in [0.25, 0.3) is 0 Å². The average Bonchev–Trinajstić information content (AvgIpc) is 2.33. The molecular weight excluding hydrogens is 416 g/mol. The van der Waals surface area contributed by atoms with Crippen molar-refractivity contribution >= 4 is 0 Å². The van der Waals surface area contributed by atoms with Gasteiger partial charge in [-0.05, 0) is 0 Å². The van der Waals surface area contributed by atoms with Crippen molar-refractivity contribution in [3.8, 4) is 0 Å². The molecular formula is C8F16O. The van der Waals surface area contributed by atoms with E-state index in [2.05, 4.69) is 0 Å². The Hall–Kier alpha value is -1.58. The molecule has 0 heterocycles. The standard InChI is InChI=1S/C8F16O/c9-1(10)2(11)25-8(23,24)3(12,6(17,18)19)4(13,14)5(15,16)7(20,21)22. The van der Waals surface area contributed by atoms with Crippen LogP contribution >= 0.6 is 0 Å². The summed E-state index contributed by atoms with van der Waals surface area (Å²) in [5, 5.41) is 0. The van der Waals surface area contributed by atoms with Crippen LogP contribution in [-0.2, 0) is 4.74 Å². The molecule has 0 amide bonds. The summed E-state index contributed by atoms with van der Waals surface area (Å²) in [6.45, 7) is 0. The first kappa shape index (κ1) is 23.4. The molecule has 150 valence electrons. The van der Waals surface area contributed by atoms with Gasteiger partial charge in [0.2, 0.25) is 0 Å². The van der Waals surface area contributed by atoms with Crippen molar-refractivity contribution in [1.82, 2.24) is 0 Å². The minimum atomic E-state index is -8.38. The van der Waals surface area contributed by atoms with Crippen LogP contribution in [0.4, 0.5) is 70.2 Å². The van der Waals surface area contributed by atoms with Crippen LogP contribution in [-0.4, -0.2) is 36.0 Å². The second kappa shape index (κ2) is 6.00. The van der Waals surface area contributed by atoms with Crippen LogP contribution in [0.1, 0.15) is 0 Å². The lowest BCUT2D eigenvalue weighted by atomic mass is 9.89. The third-order valence-corrected chi connectivity index (χ3v) is 2.34. The van der Waals surface area contributed by atoms with Gasteiger partial charge in [-0.15, -0.1) is 0 Å². The van der Waals surface area contributed by atoms with E-state index in [0.717, 1.165) is 0 Å². The smallest absolute Gasteiger partial charge is 0.399 e. The second-order valence-electron chi connectivity index (χ2n) is 3.96. The second-order valence-corrected chi connectivity index (χ2v) is 3.96. The topological polar surface area (TPSA) is 9.23 Å². The normalized spacial score (nSPS) is 17.1. The first-order valence-electron chi connectivity index (χ1n) is 4.93. The van der Waals surface area contributed by atoms with Crippen molar-refractivity contribution in [2.75, 3.05) is 0 Å². The molecule has 25 heavy (non-hydrogen) atoms. The van der Waals surface area contributed by atoms with E-state index in [-0.39, 0.29) is 0 Å². The molecule has 1 unspecified atom stereocenters. The fourth-order valence-corrected chi connectivity index (χ4v) is 1.14. The first-order valence-corrected chi connectivity index (χ1v) is 4.93. The minimum absolute atomic E-state index is 1.64. The maximum Gasteiger partial charge on any atom is 0.460 e. The fraction of sp³-hybridized carbons (Fsp3) is 0.750. The summed E-state index contributed by atoms with van der Waals surface area (Å²) in [5.41, 5.74) is -8.28. The van der Waals surface area contributed by atoms with E-state index in [1.807, 2.05) is 0 Å². The maximum absolute atomic E-state index is 13.3. The van der Waals surface area contributed by atoms with Gasteiger partial charge in [0.15, 0.2) is 0 Å². The summed E-state index contributed by atoms with van der Waals surface area (Å²) in [4.78, 5) is 0. The zero-order valence-electron chi connectivity index (χ0n) is 10.5. The molecule has 0 aromatic rings. The van der Waals surface area contributed by atoms with E-state index < -0.39 is 48.1 Å². The Labute approximate surface area is 124 Å². The van der Waals surface area contributed by atoms with Crippen LogP contribution in [0.25, 0.3) is 0 Å². The Bertz CT molecular complexity index is 521. The molecule has 0 rings (SSSR count). The van der Waals surface area contributed by atoms with Gasteiger partial charge in [0.05, 0.1) is 0 Å². The van der Waals surface area contributed by atoms with E-state index >= 15 is 0 Å². The molecule has 0 radical (unpaired) electrons. The molecule has 0 aliphatic rings. The molecule has 0 fully saturated rings. The summed E-state index contributed by atoms with van der Waals surface area (Å²) in [6, 6.07) is -4.14. The molecule has 1 atom stereocenters. The van der Waals surface area contributed by atoms with Gasteiger partial charge in [-0.25, -0.2) is 4.39 Å². The van der Waals surface area contributed by atoms with Crippen molar-refractivity contribution in [3.05, 3.63) is 12.1 Å². The van der Waals surface area contributed by atoms with Gasteiger partial charge in [0, 0.05) is 0 Å². The Morgan fingerprint density at radius 2 is 0.880 bits per heavy atom. The van der Waals surface area contributed by atoms with Crippen LogP contribution in [0.3, 0.4) is 0 Å². The number of hydrogen-bond donors (Lipinski definition) is 0. The summed E-state index contributed by atoms with van der Waals surface area (Å²) >= 11 is 0. The van der Waals surface area contributed by atoms with Crippen LogP contribution in [0.2, 0.25) is 0 Å². The highest BCUT2D eigenvalue weighted by Gasteiger charge is 2.94. The van der Waals surface area contributed by atoms with Crippen molar-refractivity contribution in [2.45, 2.75) is 36.0 Å². The zero-order chi connectivity index (χ0) is 20.9.